The van der Waals surface area contributed by atoms with Crippen LogP contribution in [0.15, 0.2) is 36.4 Å². The number of phenols is 1. The van der Waals surface area contributed by atoms with Gasteiger partial charge in [0.2, 0.25) is 0 Å². The van der Waals surface area contributed by atoms with Crippen molar-refractivity contribution in [3.8, 4) is 5.75 Å². The van der Waals surface area contributed by atoms with Crippen LogP contribution in [0.5, 0.6) is 5.75 Å². The lowest BCUT2D eigenvalue weighted by atomic mass is 10.0. The van der Waals surface area contributed by atoms with Crippen molar-refractivity contribution in [3.63, 3.8) is 0 Å². The minimum atomic E-state index is 0.355. The van der Waals surface area contributed by atoms with Gasteiger partial charge in [0, 0.05) is 35.0 Å². The molecule has 2 nitrogen and oxygen atoms in total. The molecule has 0 aliphatic carbocycles. The zero-order valence-corrected chi connectivity index (χ0v) is 9.65. The molecule has 2 aromatic rings. The van der Waals surface area contributed by atoms with Crippen molar-refractivity contribution in [2.75, 3.05) is 0 Å². The molecular formula is C11H10INO. The fourth-order valence-corrected chi connectivity index (χ4v) is 1.96. The second-order valence-corrected chi connectivity index (χ2v) is 3.86. The Hall–Kier alpha value is -0.810. The summed E-state index contributed by atoms with van der Waals surface area (Å²) >= 11 is 2.08. The number of hydrogen-bond donors (Lipinski definition) is 2. The van der Waals surface area contributed by atoms with Gasteiger partial charge in [-0.25, -0.2) is 0 Å². The number of halogens is 1. The van der Waals surface area contributed by atoms with E-state index in [1.165, 1.54) is 0 Å². The van der Waals surface area contributed by atoms with Crippen LogP contribution in [0.1, 0.15) is 5.56 Å². The molecule has 0 atom stereocenters. The molecule has 0 fully saturated rings. The quantitative estimate of drug-likeness (QED) is 0.660. The van der Waals surface area contributed by atoms with E-state index in [9.17, 15) is 5.11 Å². The normalized spacial score (nSPS) is 10.6. The van der Waals surface area contributed by atoms with Crippen molar-refractivity contribution >= 4 is 33.6 Å². The van der Waals surface area contributed by atoms with Crippen LogP contribution in [-0.4, -0.2) is 5.11 Å². The summed E-state index contributed by atoms with van der Waals surface area (Å²) in [5.74, 6) is 0.355. The molecule has 14 heavy (non-hydrogen) atoms. The third-order valence-electron chi connectivity index (χ3n) is 2.26. The van der Waals surface area contributed by atoms with E-state index in [4.69, 9.17) is 0 Å². The highest BCUT2D eigenvalue weighted by Gasteiger charge is 2.04. The van der Waals surface area contributed by atoms with Crippen molar-refractivity contribution in [2.45, 2.75) is 6.54 Å². The third kappa shape index (κ3) is 1.69. The number of benzene rings is 2. The minimum Gasteiger partial charge on any atom is -0.508 e. The number of phenolic OH excluding ortho intramolecular Hbond substituents is 1. The first kappa shape index (κ1) is 9.73. The lowest BCUT2D eigenvalue weighted by Crippen LogP contribution is -1.98. The molecule has 0 saturated carbocycles. The highest BCUT2D eigenvalue weighted by molar-refractivity contribution is 14.1. The van der Waals surface area contributed by atoms with Gasteiger partial charge in [-0.3, -0.25) is 3.53 Å². The Bertz CT molecular complexity index is 456. The smallest absolute Gasteiger partial charge is 0.120 e. The van der Waals surface area contributed by atoms with Crippen LogP contribution in [0.25, 0.3) is 10.8 Å². The maximum atomic E-state index is 9.70. The molecule has 0 amide bonds. The zero-order valence-electron chi connectivity index (χ0n) is 7.50. The number of aromatic hydroxyl groups is 1. The Kier molecular flexibility index (Phi) is 2.88. The molecule has 0 unspecified atom stereocenters. The summed E-state index contributed by atoms with van der Waals surface area (Å²) in [5, 5.41) is 12.0. The van der Waals surface area contributed by atoms with Crippen molar-refractivity contribution in [2.24, 2.45) is 0 Å². The van der Waals surface area contributed by atoms with Gasteiger partial charge in [-0.1, -0.05) is 30.3 Å². The van der Waals surface area contributed by atoms with Crippen LogP contribution >= 0.6 is 22.9 Å². The molecule has 0 spiro atoms. The lowest BCUT2D eigenvalue weighted by molar-refractivity contribution is 0.469. The molecule has 0 aliphatic heterocycles. The van der Waals surface area contributed by atoms with E-state index in [0.717, 1.165) is 16.3 Å². The first-order valence-electron chi connectivity index (χ1n) is 4.36. The van der Waals surface area contributed by atoms with E-state index in [2.05, 4.69) is 26.4 Å². The summed E-state index contributed by atoms with van der Waals surface area (Å²) in [5.41, 5.74) is 0.956. The van der Waals surface area contributed by atoms with E-state index < -0.39 is 0 Å². The van der Waals surface area contributed by atoms with Gasteiger partial charge in [-0.05, 0) is 16.8 Å². The van der Waals surface area contributed by atoms with Gasteiger partial charge in [0.05, 0.1) is 0 Å². The standard InChI is InChI=1S/C11H10INO/c12-13-7-10-9-4-2-1-3-8(9)5-6-11(10)14/h1-6,13-14H,7H2. The van der Waals surface area contributed by atoms with Crippen LogP contribution in [0.3, 0.4) is 0 Å². The summed E-state index contributed by atoms with van der Waals surface area (Å²) in [6, 6.07) is 11.7. The molecule has 2 rings (SSSR count). The Morgan fingerprint density at radius 3 is 2.71 bits per heavy atom. The van der Waals surface area contributed by atoms with E-state index in [0.29, 0.717) is 12.3 Å². The molecule has 0 aliphatic rings. The van der Waals surface area contributed by atoms with Gasteiger partial charge in [0.25, 0.3) is 0 Å². The molecule has 0 aromatic heterocycles. The van der Waals surface area contributed by atoms with Gasteiger partial charge in [0.15, 0.2) is 0 Å². The molecule has 0 radical (unpaired) electrons. The average Bonchev–Trinajstić information content (AvgIpc) is 2.23. The second kappa shape index (κ2) is 4.14. The number of nitrogens with one attached hydrogen (secondary N) is 1. The fourth-order valence-electron chi connectivity index (χ4n) is 1.58. The van der Waals surface area contributed by atoms with E-state index in [-0.39, 0.29) is 0 Å². The molecular weight excluding hydrogens is 289 g/mol. The van der Waals surface area contributed by atoms with Crippen LogP contribution in [-0.2, 0) is 6.54 Å². The third-order valence-corrected chi connectivity index (χ3v) is 2.64. The molecule has 72 valence electrons. The number of fused-ring (bicyclic) bond motifs is 1. The first-order chi connectivity index (χ1) is 6.83. The Morgan fingerprint density at radius 2 is 1.93 bits per heavy atom. The topological polar surface area (TPSA) is 32.3 Å². The predicted molar refractivity (Wildman–Crippen MR) is 66.5 cm³/mol. The Balaban J connectivity index is 2.69. The summed E-state index contributed by atoms with van der Waals surface area (Å²) < 4.78 is 3.03. The highest BCUT2D eigenvalue weighted by Crippen LogP contribution is 2.26. The number of rotatable bonds is 2. The van der Waals surface area contributed by atoms with Gasteiger partial charge in [-0.2, -0.15) is 0 Å². The van der Waals surface area contributed by atoms with Crippen LogP contribution < -0.4 is 3.53 Å². The largest absolute Gasteiger partial charge is 0.508 e. The second-order valence-electron chi connectivity index (χ2n) is 3.09. The molecule has 0 saturated heterocycles. The van der Waals surface area contributed by atoms with Crippen LogP contribution in [0, 0.1) is 0 Å². The summed E-state index contributed by atoms with van der Waals surface area (Å²) in [7, 11) is 0. The summed E-state index contributed by atoms with van der Waals surface area (Å²) in [6.07, 6.45) is 0. The van der Waals surface area contributed by atoms with Crippen molar-refractivity contribution in [1.29, 1.82) is 0 Å². The number of hydrogen-bond acceptors (Lipinski definition) is 2. The monoisotopic (exact) mass is 299 g/mol. The maximum Gasteiger partial charge on any atom is 0.120 e. The van der Waals surface area contributed by atoms with Gasteiger partial charge in [0.1, 0.15) is 5.75 Å². The molecule has 0 bridgehead atoms. The van der Waals surface area contributed by atoms with Crippen LogP contribution in [0.2, 0.25) is 0 Å². The average molecular weight is 299 g/mol. The minimum absolute atomic E-state index is 0.355. The van der Waals surface area contributed by atoms with E-state index in [1.54, 1.807) is 6.07 Å². The van der Waals surface area contributed by atoms with Gasteiger partial charge in [-0.15, -0.1) is 0 Å². The van der Waals surface area contributed by atoms with Gasteiger partial charge >= 0.3 is 0 Å². The molecule has 2 N–H and O–H groups in total. The van der Waals surface area contributed by atoms with Gasteiger partial charge < -0.3 is 5.11 Å². The predicted octanol–water partition coefficient (Wildman–Crippen LogP) is 2.99. The lowest BCUT2D eigenvalue weighted by Gasteiger charge is -2.07. The SMILES string of the molecule is Oc1ccc2ccccc2c1CNI. The van der Waals surface area contributed by atoms with Crippen molar-refractivity contribution < 1.29 is 5.11 Å². The van der Waals surface area contributed by atoms with Crippen molar-refractivity contribution in [1.82, 2.24) is 3.53 Å². The highest BCUT2D eigenvalue weighted by atomic mass is 127. The maximum absolute atomic E-state index is 9.70. The Morgan fingerprint density at radius 1 is 1.14 bits per heavy atom. The fraction of sp³-hybridized carbons (Fsp3) is 0.0909. The van der Waals surface area contributed by atoms with Crippen LogP contribution in [0.4, 0.5) is 0 Å². The molecule has 0 heterocycles. The Labute approximate surface area is 96.4 Å². The molecule has 3 heteroatoms. The molecule has 2 aromatic carbocycles. The summed E-state index contributed by atoms with van der Waals surface area (Å²) in [4.78, 5) is 0. The summed E-state index contributed by atoms with van der Waals surface area (Å²) in [6.45, 7) is 0.674. The zero-order chi connectivity index (χ0) is 9.97. The van der Waals surface area contributed by atoms with E-state index >= 15 is 0 Å². The van der Waals surface area contributed by atoms with Crippen molar-refractivity contribution in [3.05, 3.63) is 42.0 Å². The first-order valence-corrected chi connectivity index (χ1v) is 5.44. The van der Waals surface area contributed by atoms with E-state index in [1.807, 2.05) is 30.3 Å².